The Hall–Kier alpha value is -1.67. The molecule has 0 heterocycles. The first-order valence-corrected chi connectivity index (χ1v) is 10.5. The highest BCUT2D eigenvalue weighted by Gasteiger charge is 2.60. The van der Waals surface area contributed by atoms with Crippen LogP contribution in [-0.4, -0.2) is 27.7 Å². The first-order chi connectivity index (χ1) is 13.2. The van der Waals surface area contributed by atoms with Gasteiger partial charge in [-0.3, -0.25) is 19.7 Å². The monoisotopic (exact) mass is 470 g/mol. The van der Waals surface area contributed by atoms with Crippen molar-refractivity contribution in [1.29, 1.82) is 0 Å². The van der Waals surface area contributed by atoms with E-state index in [2.05, 4.69) is 21.2 Å². The zero-order valence-corrected chi connectivity index (χ0v) is 17.4. The molecule has 7 nitrogen and oxygen atoms in total. The molecule has 4 bridgehead atoms. The Morgan fingerprint density at radius 3 is 2.57 bits per heavy atom. The lowest BCUT2D eigenvalue weighted by molar-refractivity contribution is -0.384. The Morgan fingerprint density at radius 1 is 1.29 bits per heavy atom. The van der Waals surface area contributed by atoms with Crippen molar-refractivity contribution in [3.05, 3.63) is 33.3 Å². The minimum atomic E-state index is -0.575. The van der Waals surface area contributed by atoms with Crippen molar-refractivity contribution in [3.8, 4) is 0 Å². The van der Waals surface area contributed by atoms with Crippen LogP contribution in [0.1, 0.15) is 38.5 Å². The fraction of sp³-hybridized carbons (Fsp3) is 0.579. The Bertz CT molecular complexity index is 847. The summed E-state index contributed by atoms with van der Waals surface area (Å²) in [7, 11) is 0. The van der Waals surface area contributed by atoms with Crippen molar-refractivity contribution < 1.29 is 19.2 Å². The van der Waals surface area contributed by atoms with Crippen molar-refractivity contribution >= 4 is 50.8 Å². The standard InChI is InChI=1S/C19H20BrClN2O5/c20-19-7-11-3-12(8-19)6-18(5-11,10-19)17(25)28-9-16(24)22-15-4-13(23(26)27)1-2-14(15)21/h1-2,4,11-12H,3,5-10H2,(H,22,24). The Balaban J connectivity index is 1.38. The van der Waals surface area contributed by atoms with Crippen LogP contribution in [0.2, 0.25) is 5.02 Å². The van der Waals surface area contributed by atoms with Gasteiger partial charge >= 0.3 is 5.97 Å². The SMILES string of the molecule is O=C(COC(=O)C12CC3CC(CC(Br)(C3)C1)C2)Nc1cc([N+](=O)[O-])ccc1Cl. The highest BCUT2D eigenvalue weighted by Crippen LogP contribution is 2.64. The van der Waals surface area contributed by atoms with E-state index in [1.54, 1.807) is 0 Å². The molecule has 2 unspecified atom stereocenters. The van der Waals surface area contributed by atoms with Gasteiger partial charge in [0.15, 0.2) is 6.61 Å². The van der Waals surface area contributed by atoms with Crippen LogP contribution in [0.4, 0.5) is 11.4 Å². The summed E-state index contributed by atoms with van der Waals surface area (Å²) < 4.78 is 5.40. The molecule has 9 heteroatoms. The predicted octanol–water partition coefficient (Wildman–Crippen LogP) is 4.46. The van der Waals surface area contributed by atoms with E-state index in [0.29, 0.717) is 11.8 Å². The minimum Gasteiger partial charge on any atom is -0.455 e. The van der Waals surface area contributed by atoms with E-state index >= 15 is 0 Å². The molecular weight excluding hydrogens is 452 g/mol. The third kappa shape index (κ3) is 3.64. The minimum absolute atomic E-state index is 0.0227. The zero-order valence-electron chi connectivity index (χ0n) is 15.1. The smallest absolute Gasteiger partial charge is 0.312 e. The van der Waals surface area contributed by atoms with Crippen LogP contribution in [0.25, 0.3) is 0 Å². The molecule has 28 heavy (non-hydrogen) atoms. The molecule has 4 aliphatic rings. The normalized spacial score (nSPS) is 32.8. The first kappa shape index (κ1) is 19.6. The van der Waals surface area contributed by atoms with E-state index in [-0.39, 0.29) is 26.7 Å². The van der Waals surface area contributed by atoms with E-state index in [1.165, 1.54) is 24.6 Å². The van der Waals surface area contributed by atoms with E-state index < -0.39 is 22.9 Å². The van der Waals surface area contributed by atoms with E-state index in [9.17, 15) is 19.7 Å². The van der Waals surface area contributed by atoms with Gasteiger partial charge in [-0.25, -0.2) is 0 Å². The summed E-state index contributed by atoms with van der Waals surface area (Å²) in [6.45, 7) is -0.440. The molecule has 4 fully saturated rings. The molecule has 150 valence electrons. The maximum atomic E-state index is 12.9. The van der Waals surface area contributed by atoms with Gasteiger partial charge in [0.1, 0.15) is 0 Å². The van der Waals surface area contributed by atoms with Crippen LogP contribution in [0.3, 0.4) is 0 Å². The molecule has 0 radical (unpaired) electrons. The lowest BCUT2D eigenvalue weighted by atomic mass is 9.49. The molecule has 1 amide bonds. The molecule has 0 aliphatic heterocycles. The van der Waals surface area contributed by atoms with Gasteiger partial charge in [0.25, 0.3) is 11.6 Å². The number of halogens is 2. The van der Waals surface area contributed by atoms with Crippen molar-refractivity contribution in [1.82, 2.24) is 0 Å². The van der Waals surface area contributed by atoms with Crippen molar-refractivity contribution in [2.24, 2.45) is 17.3 Å². The molecular formula is C19H20BrClN2O5. The Labute approximate surface area is 175 Å². The molecule has 2 atom stereocenters. The summed E-state index contributed by atoms with van der Waals surface area (Å²) in [6.07, 6.45) is 5.79. The summed E-state index contributed by atoms with van der Waals surface area (Å²) in [5.41, 5.74) is -0.573. The number of nitrogens with zero attached hydrogens (tertiary/aromatic N) is 1. The molecule has 4 aliphatic carbocycles. The number of hydrogen-bond acceptors (Lipinski definition) is 5. The number of nitro benzene ring substituents is 1. The van der Waals surface area contributed by atoms with Gasteiger partial charge in [-0.15, -0.1) is 0 Å². The summed E-state index contributed by atoms with van der Waals surface area (Å²) in [6, 6.07) is 3.77. The quantitative estimate of drug-likeness (QED) is 0.296. The molecule has 0 aromatic heterocycles. The summed E-state index contributed by atoms with van der Waals surface area (Å²) in [4.78, 5) is 35.4. The summed E-state index contributed by atoms with van der Waals surface area (Å²) in [5.74, 6) is 0.177. The van der Waals surface area contributed by atoms with Crippen LogP contribution in [-0.2, 0) is 14.3 Å². The number of ether oxygens (including phenoxy) is 1. The van der Waals surface area contributed by atoms with Gasteiger partial charge < -0.3 is 10.1 Å². The summed E-state index contributed by atoms with van der Waals surface area (Å²) >= 11 is 9.84. The zero-order chi connectivity index (χ0) is 20.1. The number of esters is 1. The van der Waals surface area contributed by atoms with Crippen LogP contribution >= 0.6 is 27.5 Å². The number of alkyl halides is 1. The van der Waals surface area contributed by atoms with E-state index in [1.807, 2.05) is 0 Å². The maximum absolute atomic E-state index is 12.9. The number of nitrogens with one attached hydrogen (secondary N) is 1. The summed E-state index contributed by atoms with van der Waals surface area (Å²) in [5, 5.41) is 13.5. The molecule has 0 spiro atoms. The van der Waals surface area contributed by atoms with Crippen molar-refractivity contribution in [2.75, 3.05) is 11.9 Å². The predicted molar refractivity (Wildman–Crippen MR) is 106 cm³/mol. The Morgan fingerprint density at radius 2 is 1.96 bits per heavy atom. The molecule has 0 saturated heterocycles. The lowest BCUT2D eigenvalue weighted by Crippen LogP contribution is -2.56. The number of non-ortho nitro benzene ring substituents is 1. The maximum Gasteiger partial charge on any atom is 0.312 e. The number of rotatable bonds is 5. The first-order valence-electron chi connectivity index (χ1n) is 9.28. The molecule has 4 saturated carbocycles. The van der Waals surface area contributed by atoms with Crippen LogP contribution < -0.4 is 5.32 Å². The second-order valence-electron chi connectivity index (χ2n) is 8.44. The van der Waals surface area contributed by atoms with E-state index in [4.69, 9.17) is 16.3 Å². The van der Waals surface area contributed by atoms with Crippen LogP contribution in [0.5, 0.6) is 0 Å². The number of nitro groups is 1. The third-order valence-electron chi connectivity index (χ3n) is 6.19. The second kappa shape index (κ2) is 6.99. The number of hydrogen-bond donors (Lipinski definition) is 1. The third-order valence-corrected chi connectivity index (χ3v) is 7.45. The van der Waals surface area contributed by atoms with Gasteiger partial charge in [0.05, 0.1) is 21.0 Å². The van der Waals surface area contributed by atoms with Crippen LogP contribution in [0.15, 0.2) is 18.2 Å². The topological polar surface area (TPSA) is 98.5 Å². The highest BCUT2D eigenvalue weighted by atomic mass is 79.9. The van der Waals surface area contributed by atoms with Crippen molar-refractivity contribution in [3.63, 3.8) is 0 Å². The number of anilines is 1. The van der Waals surface area contributed by atoms with Gasteiger partial charge in [-0.05, 0) is 56.4 Å². The van der Waals surface area contributed by atoms with Gasteiger partial charge in [0, 0.05) is 16.5 Å². The second-order valence-corrected chi connectivity index (χ2v) is 10.5. The highest BCUT2D eigenvalue weighted by molar-refractivity contribution is 9.10. The number of amides is 1. The average Bonchev–Trinajstić information content (AvgIpc) is 2.59. The fourth-order valence-corrected chi connectivity index (χ4v) is 7.20. The van der Waals surface area contributed by atoms with Crippen molar-refractivity contribution in [2.45, 2.75) is 42.8 Å². The fourth-order valence-electron chi connectivity index (χ4n) is 5.58. The van der Waals surface area contributed by atoms with E-state index in [0.717, 1.165) is 32.1 Å². The average molecular weight is 472 g/mol. The van der Waals surface area contributed by atoms with Crippen LogP contribution in [0, 0.1) is 27.4 Å². The largest absolute Gasteiger partial charge is 0.455 e. The van der Waals surface area contributed by atoms with Gasteiger partial charge in [-0.1, -0.05) is 27.5 Å². The van der Waals surface area contributed by atoms with Gasteiger partial charge in [-0.2, -0.15) is 0 Å². The van der Waals surface area contributed by atoms with Gasteiger partial charge in [0.2, 0.25) is 0 Å². The molecule has 5 rings (SSSR count). The molecule has 1 aromatic carbocycles. The Kier molecular flexibility index (Phi) is 4.90. The number of carbonyl (C=O) groups is 2. The lowest BCUT2D eigenvalue weighted by Gasteiger charge is -2.58. The number of carbonyl (C=O) groups excluding carboxylic acids is 2. The molecule has 1 N–H and O–H groups in total. The molecule has 1 aromatic rings. The number of benzene rings is 1.